The van der Waals surface area contributed by atoms with Crippen molar-refractivity contribution in [3.8, 4) is 11.1 Å². The third-order valence-electron chi connectivity index (χ3n) is 7.78. The summed E-state index contributed by atoms with van der Waals surface area (Å²) in [6.07, 6.45) is 11.4. The Bertz CT molecular complexity index is 906. The average molecular weight is 529 g/mol. The number of rotatable bonds is 12. The van der Waals surface area contributed by atoms with Crippen LogP contribution in [0, 0.1) is 5.92 Å². The minimum atomic E-state index is -0.319. The van der Waals surface area contributed by atoms with Crippen molar-refractivity contribution in [1.29, 1.82) is 0 Å². The maximum Gasteiger partial charge on any atom is 0.411 e. The Morgan fingerprint density at radius 2 is 1.56 bits per heavy atom. The third kappa shape index (κ3) is 6.85. The van der Waals surface area contributed by atoms with Crippen molar-refractivity contribution in [2.75, 3.05) is 36.8 Å². The highest BCUT2D eigenvalue weighted by Crippen LogP contribution is 2.36. The van der Waals surface area contributed by atoms with Gasteiger partial charge in [0.05, 0.1) is 37.8 Å². The SMILES string of the molecule is O=C(Nc1ccccc1-c1ccccc1)OC1CC[N+]2(CCCCCCCCCBr)CCC1C2. The second kappa shape index (κ2) is 12.7. The van der Waals surface area contributed by atoms with Crippen LogP contribution in [0.3, 0.4) is 0 Å². The Hall–Kier alpha value is -1.85. The second-order valence-corrected chi connectivity index (χ2v) is 11.0. The third-order valence-corrected chi connectivity index (χ3v) is 8.34. The molecule has 34 heavy (non-hydrogen) atoms. The number of unbranched alkanes of at least 4 members (excludes halogenated alkanes) is 6. The van der Waals surface area contributed by atoms with Crippen LogP contribution < -0.4 is 5.32 Å². The lowest BCUT2D eigenvalue weighted by molar-refractivity contribution is -0.922. The smallest absolute Gasteiger partial charge is 0.411 e. The molecule has 4 nitrogen and oxygen atoms in total. The van der Waals surface area contributed by atoms with Gasteiger partial charge in [-0.05, 0) is 30.9 Å². The fourth-order valence-corrected chi connectivity index (χ4v) is 6.29. The van der Waals surface area contributed by atoms with Gasteiger partial charge in [0.2, 0.25) is 0 Å². The quantitative estimate of drug-likeness (QED) is 0.175. The molecule has 2 saturated heterocycles. The van der Waals surface area contributed by atoms with E-state index in [0.717, 1.165) is 35.1 Å². The molecule has 184 valence electrons. The highest BCUT2D eigenvalue weighted by Gasteiger charge is 2.47. The van der Waals surface area contributed by atoms with Crippen molar-refractivity contribution in [2.24, 2.45) is 5.92 Å². The molecule has 0 aliphatic carbocycles. The van der Waals surface area contributed by atoms with Crippen molar-refractivity contribution in [2.45, 2.75) is 63.9 Å². The molecule has 3 atom stereocenters. The van der Waals surface area contributed by atoms with Gasteiger partial charge in [-0.15, -0.1) is 0 Å². The first-order chi connectivity index (χ1) is 16.7. The first kappa shape index (κ1) is 25.2. The molecule has 0 aromatic heterocycles. The predicted molar refractivity (Wildman–Crippen MR) is 144 cm³/mol. The van der Waals surface area contributed by atoms with Gasteiger partial charge < -0.3 is 9.22 Å². The molecule has 2 bridgehead atoms. The summed E-state index contributed by atoms with van der Waals surface area (Å²) in [5, 5.41) is 4.16. The molecule has 1 N–H and O–H groups in total. The number of carbonyl (C=O) groups excluding carboxylic acids is 1. The lowest BCUT2D eigenvalue weighted by atomic mass is 9.95. The summed E-state index contributed by atoms with van der Waals surface area (Å²) in [6.45, 7) is 4.90. The van der Waals surface area contributed by atoms with E-state index in [-0.39, 0.29) is 12.2 Å². The van der Waals surface area contributed by atoms with Gasteiger partial charge in [0.1, 0.15) is 6.10 Å². The predicted octanol–water partition coefficient (Wildman–Crippen LogP) is 7.64. The van der Waals surface area contributed by atoms with E-state index in [1.54, 1.807) is 0 Å². The van der Waals surface area contributed by atoms with Crippen LogP contribution in [0.2, 0.25) is 0 Å². The zero-order valence-electron chi connectivity index (χ0n) is 20.4. The summed E-state index contributed by atoms with van der Waals surface area (Å²) >= 11 is 3.52. The average Bonchev–Trinajstić information content (AvgIpc) is 3.21. The van der Waals surface area contributed by atoms with Crippen LogP contribution in [0.25, 0.3) is 11.1 Å². The molecule has 0 radical (unpaired) electrons. The molecule has 4 rings (SSSR count). The van der Waals surface area contributed by atoms with E-state index in [1.165, 1.54) is 75.5 Å². The molecule has 2 aliphatic rings. The molecule has 5 heteroatoms. The van der Waals surface area contributed by atoms with E-state index >= 15 is 0 Å². The van der Waals surface area contributed by atoms with E-state index in [1.807, 2.05) is 42.5 Å². The Balaban J connectivity index is 1.22. The first-order valence-electron chi connectivity index (χ1n) is 13.2. The summed E-state index contributed by atoms with van der Waals surface area (Å²) in [5.74, 6) is 0.508. The number of alkyl halides is 1. The van der Waals surface area contributed by atoms with Gasteiger partial charge in [-0.3, -0.25) is 5.32 Å². The molecule has 2 fully saturated rings. The van der Waals surface area contributed by atoms with E-state index in [9.17, 15) is 4.79 Å². The van der Waals surface area contributed by atoms with Crippen molar-refractivity contribution >= 4 is 27.7 Å². The Morgan fingerprint density at radius 3 is 2.35 bits per heavy atom. The number of halogens is 1. The van der Waals surface area contributed by atoms with Gasteiger partial charge in [0.15, 0.2) is 0 Å². The molecule has 0 spiro atoms. The fourth-order valence-electron chi connectivity index (χ4n) is 5.90. The van der Waals surface area contributed by atoms with Gasteiger partial charge in [-0.25, -0.2) is 4.79 Å². The maximum absolute atomic E-state index is 12.8. The fraction of sp³-hybridized carbons (Fsp3) is 0.552. The Morgan fingerprint density at radius 1 is 0.882 bits per heavy atom. The highest BCUT2D eigenvalue weighted by molar-refractivity contribution is 9.09. The van der Waals surface area contributed by atoms with Gasteiger partial charge >= 0.3 is 6.09 Å². The van der Waals surface area contributed by atoms with Crippen molar-refractivity contribution < 1.29 is 14.0 Å². The van der Waals surface area contributed by atoms with Crippen molar-refractivity contribution in [3.63, 3.8) is 0 Å². The van der Waals surface area contributed by atoms with Crippen LogP contribution in [0.5, 0.6) is 0 Å². The number of nitrogens with one attached hydrogen (secondary N) is 1. The first-order valence-corrected chi connectivity index (χ1v) is 14.3. The number of amides is 1. The number of para-hydroxylation sites is 1. The van der Waals surface area contributed by atoms with Crippen LogP contribution in [0.4, 0.5) is 10.5 Å². The summed E-state index contributed by atoms with van der Waals surface area (Å²) in [4.78, 5) is 12.8. The van der Waals surface area contributed by atoms with Gasteiger partial charge in [-0.2, -0.15) is 0 Å². The molecule has 2 aliphatic heterocycles. The number of anilines is 1. The number of nitrogens with zero attached hydrogens (tertiary/aromatic N) is 1. The maximum atomic E-state index is 12.8. The summed E-state index contributed by atoms with van der Waals surface area (Å²) in [5.41, 5.74) is 2.91. The number of fused-ring (bicyclic) bond motifs is 2. The van der Waals surface area contributed by atoms with Crippen LogP contribution in [-0.4, -0.2) is 48.2 Å². The number of benzene rings is 2. The molecular formula is C29H40BrN2O2+. The molecule has 2 aromatic carbocycles. The monoisotopic (exact) mass is 527 g/mol. The topological polar surface area (TPSA) is 38.3 Å². The van der Waals surface area contributed by atoms with E-state index < -0.39 is 0 Å². The van der Waals surface area contributed by atoms with Gasteiger partial charge in [0.25, 0.3) is 0 Å². The molecule has 2 aromatic rings. The molecule has 0 saturated carbocycles. The minimum absolute atomic E-state index is 0.0482. The number of hydrogen-bond acceptors (Lipinski definition) is 2. The van der Waals surface area contributed by atoms with E-state index in [0.29, 0.717) is 5.92 Å². The van der Waals surface area contributed by atoms with Crippen molar-refractivity contribution in [3.05, 3.63) is 54.6 Å². The van der Waals surface area contributed by atoms with Gasteiger partial charge in [-0.1, -0.05) is 90.1 Å². The molecular weight excluding hydrogens is 488 g/mol. The summed E-state index contributed by atoms with van der Waals surface area (Å²) in [7, 11) is 0. The van der Waals surface area contributed by atoms with Crippen molar-refractivity contribution in [1.82, 2.24) is 0 Å². The number of hydrogen-bond donors (Lipinski definition) is 1. The largest absolute Gasteiger partial charge is 0.445 e. The second-order valence-electron chi connectivity index (χ2n) is 10.2. The molecule has 2 heterocycles. The van der Waals surface area contributed by atoms with Gasteiger partial charge in [0, 0.05) is 23.7 Å². The molecule has 1 amide bonds. The Labute approximate surface area is 213 Å². The number of piperidine rings is 1. The Kier molecular flexibility index (Phi) is 9.46. The standard InChI is InChI=1S/C29H39BrN2O2/c30-19-11-4-2-1-3-5-12-20-32-21-17-25(23-32)28(18-22-32)34-29(33)31-27-16-10-9-15-26(27)24-13-7-6-8-14-24/h6-10,13-16,25,28H,1-5,11-12,17-23H2/p+1. The zero-order chi connectivity index (χ0) is 23.6. The van der Waals surface area contributed by atoms with E-state index in [2.05, 4.69) is 33.4 Å². The minimum Gasteiger partial charge on any atom is -0.445 e. The zero-order valence-corrected chi connectivity index (χ0v) is 22.0. The number of quaternary nitrogens is 1. The highest BCUT2D eigenvalue weighted by atomic mass is 79.9. The lowest BCUT2D eigenvalue weighted by Gasteiger charge is -2.40. The lowest BCUT2D eigenvalue weighted by Crippen LogP contribution is -2.52. The van der Waals surface area contributed by atoms with E-state index in [4.69, 9.17) is 4.74 Å². The number of carbonyl (C=O) groups is 1. The van der Waals surface area contributed by atoms with Crippen LogP contribution in [0.1, 0.15) is 57.8 Å². The summed E-state index contributed by atoms with van der Waals surface area (Å²) < 4.78 is 7.24. The summed E-state index contributed by atoms with van der Waals surface area (Å²) in [6, 6.07) is 18.1. The molecule has 3 unspecified atom stereocenters. The van der Waals surface area contributed by atoms with Crippen LogP contribution >= 0.6 is 15.9 Å². The normalized spacial score (nSPS) is 23.6. The number of ether oxygens (including phenoxy) is 1. The van der Waals surface area contributed by atoms with Crippen LogP contribution in [0.15, 0.2) is 54.6 Å². The van der Waals surface area contributed by atoms with Crippen LogP contribution in [-0.2, 0) is 4.74 Å².